The van der Waals surface area contributed by atoms with E-state index in [9.17, 15) is 41.9 Å². The Balaban J connectivity index is 5.98. The van der Waals surface area contributed by atoms with Crippen molar-refractivity contribution in [3.8, 4) is 0 Å². The molecule has 0 aromatic carbocycles. The predicted molar refractivity (Wildman–Crippen MR) is 128 cm³/mol. The second-order valence-corrected chi connectivity index (χ2v) is 10.4. The SMILES string of the molecule is CC(=O)N[C@H](C(=O)N[C@H](C(=O)N[C@@H](CC(=O)N(C)C)C(=O)NC(C)C(=O)C(F)(F)F)C(C)(C)C)C(C)C. The summed E-state index contributed by atoms with van der Waals surface area (Å²) in [5.74, 6) is -6.39. The van der Waals surface area contributed by atoms with Crippen LogP contribution in [0.15, 0.2) is 0 Å². The van der Waals surface area contributed by atoms with Gasteiger partial charge in [0.15, 0.2) is 0 Å². The summed E-state index contributed by atoms with van der Waals surface area (Å²) in [5.41, 5.74) is -0.927. The van der Waals surface area contributed by atoms with Crippen molar-refractivity contribution in [3.63, 3.8) is 0 Å². The van der Waals surface area contributed by atoms with Crippen molar-refractivity contribution in [2.75, 3.05) is 14.1 Å². The Hall–Kier alpha value is -3.19. The maximum atomic E-state index is 13.2. The minimum absolute atomic E-state index is 0.337. The molecule has 11 nitrogen and oxygen atoms in total. The largest absolute Gasteiger partial charge is 0.452 e. The minimum atomic E-state index is -5.20. The molecule has 0 spiro atoms. The van der Waals surface area contributed by atoms with Crippen LogP contribution in [-0.4, -0.2) is 84.7 Å². The van der Waals surface area contributed by atoms with Gasteiger partial charge in [-0.2, -0.15) is 13.2 Å². The molecule has 1 unspecified atom stereocenters. The maximum Gasteiger partial charge on any atom is 0.452 e. The molecule has 0 rings (SSSR count). The third-order valence-electron chi connectivity index (χ3n) is 5.26. The molecule has 0 saturated carbocycles. The molecular formula is C23H38F3N5O6. The van der Waals surface area contributed by atoms with Gasteiger partial charge in [0.2, 0.25) is 29.5 Å². The van der Waals surface area contributed by atoms with E-state index < -0.39 is 77.5 Å². The fraction of sp³-hybridized carbons (Fsp3) is 0.739. The highest BCUT2D eigenvalue weighted by molar-refractivity contribution is 5.98. The Kier molecular flexibility index (Phi) is 12.2. The molecule has 0 aliphatic heterocycles. The number of halogens is 3. The van der Waals surface area contributed by atoms with E-state index in [0.29, 0.717) is 0 Å². The summed E-state index contributed by atoms with van der Waals surface area (Å²) in [4.78, 5) is 75.2. The molecule has 0 saturated heterocycles. The molecule has 37 heavy (non-hydrogen) atoms. The number of rotatable bonds is 11. The molecule has 0 radical (unpaired) electrons. The molecule has 0 aromatic rings. The molecule has 0 aliphatic carbocycles. The highest BCUT2D eigenvalue weighted by Gasteiger charge is 2.43. The van der Waals surface area contributed by atoms with E-state index in [1.165, 1.54) is 21.0 Å². The third-order valence-corrected chi connectivity index (χ3v) is 5.26. The number of Topliss-reactive ketones (excluding diaryl/α,β-unsaturated/α-hetero) is 1. The number of amides is 5. The third kappa shape index (κ3) is 11.2. The van der Waals surface area contributed by atoms with Crippen LogP contribution in [0.5, 0.6) is 0 Å². The highest BCUT2D eigenvalue weighted by Crippen LogP contribution is 2.21. The molecule has 0 aromatic heterocycles. The fourth-order valence-corrected chi connectivity index (χ4v) is 3.11. The van der Waals surface area contributed by atoms with Gasteiger partial charge >= 0.3 is 6.18 Å². The molecule has 0 heterocycles. The summed E-state index contributed by atoms with van der Waals surface area (Å²) in [7, 11) is 2.75. The molecule has 212 valence electrons. The van der Waals surface area contributed by atoms with E-state index in [2.05, 4.69) is 16.0 Å². The summed E-state index contributed by atoms with van der Waals surface area (Å²) in [6, 6.07) is -5.86. The van der Waals surface area contributed by atoms with Crippen molar-refractivity contribution in [3.05, 3.63) is 0 Å². The first-order valence-corrected chi connectivity index (χ1v) is 11.6. The predicted octanol–water partition coefficient (Wildman–Crippen LogP) is 0.277. The number of nitrogens with zero attached hydrogens (tertiary/aromatic N) is 1. The van der Waals surface area contributed by atoms with Crippen molar-refractivity contribution < 1.29 is 41.9 Å². The standard InChI is InChI=1S/C23H38F3N5O6/c1-11(2)16(28-13(4)32)20(36)30-17(22(5,6)7)21(37)29-14(10-15(33)31(8)9)19(35)27-12(3)18(34)23(24,25)26/h11-12,14,16-17H,10H2,1-9H3,(H,27,35)(H,28,32)(H,29,37)(H,30,36)/t12?,14-,16-,17+/m0/s1. The van der Waals surface area contributed by atoms with Crippen LogP contribution in [0.3, 0.4) is 0 Å². The number of carbonyl (C=O) groups excluding carboxylic acids is 6. The first kappa shape index (κ1) is 33.8. The lowest BCUT2D eigenvalue weighted by atomic mass is 9.85. The van der Waals surface area contributed by atoms with Gasteiger partial charge in [-0.3, -0.25) is 28.8 Å². The normalized spacial score (nSPS) is 15.1. The van der Waals surface area contributed by atoms with Crippen LogP contribution in [-0.2, 0) is 28.8 Å². The number of hydrogen-bond acceptors (Lipinski definition) is 6. The van der Waals surface area contributed by atoms with E-state index in [0.717, 1.165) is 11.8 Å². The Morgan fingerprint density at radius 2 is 1.30 bits per heavy atom. The molecule has 4 N–H and O–H groups in total. The van der Waals surface area contributed by atoms with Gasteiger partial charge in [0.1, 0.15) is 18.1 Å². The monoisotopic (exact) mass is 537 g/mol. The smallest absolute Gasteiger partial charge is 0.349 e. The summed E-state index contributed by atoms with van der Waals surface area (Å²) in [5, 5.41) is 9.24. The zero-order valence-electron chi connectivity index (χ0n) is 22.6. The lowest BCUT2D eigenvalue weighted by molar-refractivity contribution is -0.173. The van der Waals surface area contributed by atoms with E-state index in [-0.39, 0.29) is 5.92 Å². The minimum Gasteiger partial charge on any atom is -0.349 e. The molecule has 5 amide bonds. The number of hydrogen-bond donors (Lipinski definition) is 4. The summed E-state index contributed by atoms with van der Waals surface area (Å²) in [6.45, 7) is 10.3. The van der Waals surface area contributed by atoms with Crippen molar-refractivity contribution in [2.45, 2.75) is 85.2 Å². The zero-order valence-corrected chi connectivity index (χ0v) is 22.6. The van der Waals surface area contributed by atoms with Gasteiger partial charge in [-0.1, -0.05) is 34.6 Å². The Labute approximate surface area is 214 Å². The van der Waals surface area contributed by atoms with Crippen molar-refractivity contribution in [1.29, 1.82) is 0 Å². The highest BCUT2D eigenvalue weighted by atomic mass is 19.4. The van der Waals surface area contributed by atoms with Crippen molar-refractivity contribution in [2.24, 2.45) is 11.3 Å². The first-order chi connectivity index (χ1) is 16.6. The van der Waals surface area contributed by atoms with Crippen LogP contribution < -0.4 is 21.3 Å². The van der Waals surface area contributed by atoms with Crippen LogP contribution >= 0.6 is 0 Å². The van der Waals surface area contributed by atoms with E-state index in [4.69, 9.17) is 0 Å². The fourth-order valence-electron chi connectivity index (χ4n) is 3.11. The number of ketones is 1. The van der Waals surface area contributed by atoms with Crippen LogP contribution in [0.4, 0.5) is 13.2 Å². The van der Waals surface area contributed by atoms with E-state index >= 15 is 0 Å². The van der Waals surface area contributed by atoms with E-state index in [1.54, 1.807) is 34.6 Å². The molecule has 4 atom stereocenters. The summed E-state index contributed by atoms with van der Waals surface area (Å²) in [6.07, 6.45) is -5.82. The Morgan fingerprint density at radius 1 is 0.784 bits per heavy atom. The van der Waals surface area contributed by atoms with Crippen LogP contribution in [0.1, 0.15) is 54.9 Å². The second kappa shape index (κ2) is 13.4. The van der Waals surface area contributed by atoms with E-state index in [1.807, 2.05) is 5.32 Å². The van der Waals surface area contributed by atoms with Gasteiger partial charge in [-0.05, 0) is 18.3 Å². The van der Waals surface area contributed by atoms with Crippen LogP contribution in [0.25, 0.3) is 0 Å². The molecule has 0 bridgehead atoms. The molecule has 0 aliphatic rings. The van der Waals surface area contributed by atoms with Crippen LogP contribution in [0.2, 0.25) is 0 Å². The van der Waals surface area contributed by atoms with Crippen LogP contribution in [0, 0.1) is 11.3 Å². The quantitative estimate of drug-likeness (QED) is 0.297. The van der Waals surface area contributed by atoms with Gasteiger partial charge < -0.3 is 26.2 Å². The molecule has 0 fully saturated rings. The lowest BCUT2D eigenvalue weighted by Crippen LogP contribution is -2.61. The van der Waals surface area contributed by atoms with Gasteiger partial charge in [0, 0.05) is 21.0 Å². The average molecular weight is 538 g/mol. The van der Waals surface area contributed by atoms with Crippen molar-refractivity contribution in [1.82, 2.24) is 26.2 Å². The molecule has 14 heteroatoms. The topological polar surface area (TPSA) is 154 Å². The van der Waals surface area contributed by atoms with Gasteiger partial charge in [-0.15, -0.1) is 0 Å². The first-order valence-electron chi connectivity index (χ1n) is 11.6. The van der Waals surface area contributed by atoms with Crippen molar-refractivity contribution >= 4 is 35.3 Å². The number of alkyl halides is 3. The molecular weight excluding hydrogens is 499 g/mol. The van der Waals surface area contributed by atoms with Gasteiger partial charge in [-0.25, -0.2) is 0 Å². The van der Waals surface area contributed by atoms with Gasteiger partial charge in [0.05, 0.1) is 12.5 Å². The second-order valence-electron chi connectivity index (χ2n) is 10.4. The Bertz CT molecular complexity index is 883. The average Bonchev–Trinajstić information content (AvgIpc) is 2.72. The van der Waals surface area contributed by atoms with Gasteiger partial charge in [0.25, 0.3) is 5.78 Å². The number of carbonyl (C=O) groups is 6. The number of nitrogens with one attached hydrogen (secondary N) is 4. The summed E-state index contributed by atoms with van der Waals surface area (Å²) < 4.78 is 38.2. The zero-order chi connectivity index (χ0) is 29.5. The Morgan fingerprint density at radius 3 is 1.68 bits per heavy atom. The summed E-state index contributed by atoms with van der Waals surface area (Å²) >= 11 is 0. The lowest BCUT2D eigenvalue weighted by Gasteiger charge is -2.33. The maximum absolute atomic E-state index is 13.2.